The molecule has 15 heavy (non-hydrogen) atoms. The summed E-state index contributed by atoms with van der Waals surface area (Å²) in [4.78, 5) is 7.06. The van der Waals surface area contributed by atoms with Crippen LogP contribution in [0.15, 0.2) is 5.38 Å². The molecule has 0 amide bonds. The average Bonchev–Trinajstić information content (AvgIpc) is 2.64. The number of piperidine rings is 1. The van der Waals surface area contributed by atoms with Gasteiger partial charge in [0.25, 0.3) is 0 Å². The molecule has 0 radical (unpaired) electrons. The number of alkyl halides is 1. The highest BCUT2D eigenvalue weighted by atomic mass is 79.9. The molecule has 1 atom stereocenters. The van der Waals surface area contributed by atoms with E-state index in [1.807, 2.05) is 0 Å². The van der Waals surface area contributed by atoms with Crippen LogP contribution >= 0.6 is 27.3 Å². The lowest BCUT2D eigenvalue weighted by Crippen LogP contribution is -2.35. The lowest BCUT2D eigenvalue weighted by atomic mass is 10.0. The summed E-state index contributed by atoms with van der Waals surface area (Å²) in [7, 11) is 0. The molecule has 1 aliphatic rings. The molecule has 0 spiro atoms. The summed E-state index contributed by atoms with van der Waals surface area (Å²) in [5.74, 6) is 0.833. The molecule has 0 N–H and O–H groups in total. The molecular weight excluding hydrogens is 272 g/mol. The fourth-order valence-electron chi connectivity index (χ4n) is 2.09. The first kappa shape index (κ1) is 11.6. The number of hydrogen-bond donors (Lipinski definition) is 0. The fourth-order valence-corrected chi connectivity index (χ4v) is 3.43. The van der Waals surface area contributed by atoms with Gasteiger partial charge in [0.1, 0.15) is 5.01 Å². The molecule has 1 aliphatic heterocycles. The molecule has 4 heteroatoms. The Hall–Kier alpha value is 0.0700. The van der Waals surface area contributed by atoms with Crippen molar-refractivity contribution in [2.75, 3.05) is 18.4 Å². The van der Waals surface area contributed by atoms with E-state index in [2.05, 4.69) is 38.1 Å². The molecule has 0 aliphatic carbocycles. The van der Waals surface area contributed by atoms with Crippen LogP contribution in [0.25, 0.3) is 0 Å². The van der Waals surface area contributed by atoms with Crippen molar-refractivity contribution in [3.05, 3.63) is 16.1 Å². The topological polar surface area (TPSA) is 16.1 Å². The van der Waals surface area contributed by atoms with Crippen LogP contribution in [0.5, 0.6) is 0 Å². The van der Waals surface area contributed by atoms with Crippen LogP contribution in [0.4, 0.5) is 0 Å². The van der Waals surface area contributed by atoms with E-state index < -0.39 is 0 Å². The molecule has 1 aromatic rings. The minimum absolute atomic E-state index is 0.833. The Morgan fingerprint density at radius 1 is 1.67 bits per heavy atom. The van der Waals surface area contributed by atoms with Crippen LogP contribution in [-0.2, 0) is 6.54 Å². The van der Waals surface area contributed by atoms with Crippen molar-refractivity contribution in [1.29, 1.82) is 0 Å². The summed E-state index contributed by atoms with van der Waals surface area (Å²) in [5.41, 5.74) is 1.16. The Bertz CT molecular complexity index is 313. The predicted molar refractivity (Wildman–Crippen MR) is 68.6 cm³/mol. The van der Waals surface area contributed by atoms with Crippen LogP contribution in [0.1, 0.15) is 23.5 Å². The number of hydrogen-bond acceptors (Lipinski definition) is 3. The van der Waals surface area contributed by atoms with Gasteiger partial charge in [-0.15, -0.1) is 11.3 Å². The second-order valence-corrected chi connectivity index (χ2v) is 5.87. The minimum atomic E-state index is 0.833. The summed E-state index contributed by atoms with van der Waals surface area (Å²) >= 11 is 5.38. The van der Waals surface area contributed by atoms with Gasteiger partial charge in [-0.05, 0) is 32.2 Å². The van der Waals surface area contributed by atoms with Gasteiger partial charge < -0.3 is 0 Å². The molecule has 1 saturated heterocycles. The van der Waals surface area contributed by atoms with E-state index in [0.29, 0.717) is 0 Å². The highest BCUT2D eigenvalue weighted by Crippen LogP contribution is 2.21. The minimum Gasteiger partial charge on any atom is -0.296 e. The zero-order valence-corrected chi connectivity index (χ0v) is 11.5. The third kappa shape index (κ3) is 3.26. The SMILES string of the molecule is Cc1csc(CN2CCCC(CBr)C2)n1. The zero-order chi connectivity index (χ0) is 10.7. The molecule has 2 nitrogen and oxygen atoms in total. The maximum atomic E-state index is 4.52. The van der Waals surface area contributed by atoms with E-state index in [0.717, 1.165) is 23.5 Å². The van der Waals surface area contributed by atoms with Gasteiger partial charge >= 0.3 is 0 Å². The zero-order valence-electron chi connectivity index (χ0n) is 9.08. The van der Waals surface area contributed by atoms with E-state index in [1.165, 1.54) is 30.9 Å². The first-order valence-corrected chi connectivity index (χ1v) is 7.47. The van der Waals surface area contributed by atoms with Gasteiger partial charge in [-0.25, -0.2) is 4.98 Å². The highest BCUT2D eigenvalue weighted by Gasteiger charge is 2.19. The first-order chi connectivity index (χ1) is 7.28. The number of nitrogens with zero attached hydrogens (tertiary/aromatic N) is 2. The summed E-state index contributed by atoms with van der Waals surface area (Å²) in [6.07, 6.45) is 2.71. The summed E-state index contributed by atoms with van der Waals surface area (Å²) < 4.78 is 0. The van der Waals surface area contributed by atoms with Crippen molar-refractivity contribution in [2.24, 2.45) is 5.92 Å². The monoisotopic (exact) mass is 288 g/mol. The molecule has 0 saturated carbocycles. The van der Waals surface area contributed by atoms with E-state index in [9.17, 15) is 0 Å². The average molecular weight is 289 g/mol. The van der Waals surface area contributed by atoms with Crippen molar-refractivity contribution < 1.29 is 0 Å². The normalized spacial score (nSPS) is 23.2. The van der Waals surface area contributed by atoms with Gasteiger partial charge in [0, 0.05) is 22.9 Å². The number of halogens is 1. The summed E-state index contributed by atoms with van der Waals surface area (Å²) in [6, 6.07) is 0. The molecule has 0 aromatic carbocycles. The standard InChI is InChI=1S/C11H17BrN2S/c1-9-8-15-11(13-9)7-14-4-2-3-10(5-12)6-14/h8,10H,2-7H2,1H3. The molecule has 1 fully saturated rings. The number of likely N-dealkylation sites (tertiary alicyclic amines) is 1. The van der Waals surface area contributed by atoms with Crippen molar-refractivity contribution in [2.45, 2.75) is 26.3 Å². The molecule has 2 rings (SSSR count). The molecule has 1 unspecified atom stereocenters. The lowest BCUT2D eigenvalue weighted by molar-refractivity contribution is 0.179. The van der Waals surface area contributed by atoms with E-state index in [1.54, 1.807) is 11.3 Å². The maximum Gasteiger partial charge on any atom is 0.107 e. The largest absolute Gasteiger partial charge is 0.296 e. The Morgan fingerprint density at radius 3 is 3.20 bits per heavy atom. The molecular formula is C11H17BrN2S. The Kier molecular flexibility index (Phi) is 4.17. The maximum absolute atomic E-state index is 4.52. The predicted octanol–water partition coefficient (Wildman–Crippen LogP) is 3.06. The highest BCUT2D eigenvalue weighted by molar-refractivity contribution is 9.09. The molecule has 0 bridgehead atoms. The van der Waals surface area contributed by atoms with Gasteiger partial charge in [-0.3, -0.25) is 4.90 Å². The number of thiazole rings is 1. The second-order valence-electron chi connectivity index (χ2n) is 4.28. The molecule has 1 aromatic heterocycles. The molecule has 2 heterocycles. The molecule has 84 valence electrons. The Balaban J connectivity index is 1.88. The van der Waals surface area contributed by atoms with E-state index in [4.69, 9.17) is 0 Å². The fraction of sp³-hybridized carbons (Fsp3) is 0.727. The number of aryl methyl sites for hydroxylation is 1. The van der Waals surface area contributed by atoms with Crippen molar-refractivity contribution in [3.63, 3.8) is 0 Å². The second kappa shape index (κ2) is 5.41. The smallest absolute Gasteiger partial charge is 0.107 e. The van der Waals surface area contributed by atoms with Gasteiger partial charge in [0.2, 0.25) is 0 Å². The van der Waals surface area contributed by atoms with Crippen LogP contribution < -0.4 is 0 Å². The summed E-state index contributed by atoms with van der Waals surface area (Å²) in [5, 5.41) is 4.55. The first-order valence-electron chi connectivity index (χ1n) is 5.47. The van der Waals surface area contributed by atoms with Crippen molar-refractivity contribution in [3.8, 4) is 0 Å². The number of aromatic nitrogens is 1. The van der Waals surface area contributed by atoms with Crippen molar-refractivity contribution >= 4 is 27.3 Å². The van der Waals surface area contributed by atoms with Crippen molar-refractivity contribution in [1.82, 2.24) is 9.88 Å². The Labute approximate surface area is 104 Å². The van der Waals surface area contributed by atoms with Crippen LogP contribution in [0.3, 0.4) is 0 Å². The lowest BCUT2D eigenvalue weighted by Gasteiger charge is -2.31. The quantitative estimate of drug-likeness (QED) is 0.795. The third-order valence-electron chi connectivity index (χ3n) is 2.85. The number of rotatable bonds is 3. The summed E-state index contributed by atoms with van der Waals surface area (Å²) in [6.45, 7) is 5.57. The van der Waals surface area contributed by atoms with Gasteiger partial charge in [0.05, 0.1) is 6.54 Å². The van der Waals surface area contributed by atoms with Crippen LogP contribution in [-0.4, -0.2) is 28.3 Å². The van der Waals surface area contributed by atoms with E-state index in [-0.39, 0.29) is 0 Å². The van der Waals surface area contributed by atoms with Gasteiger partial charge in [0.15, 0.2) is 0 Å². The van der Waals surface area contributed by atoms with E-state index >= 15 is 0 Å². The third-order valence-corrected chi connectivity index (χ3v) is 4.71. The Morgan fingerprint density at radius 2 is 2.53 bits per heavy atom. The van der Waals surface area contributed by atoms with Gasteiger partial charge in [-0.1, -0.05) is 15.9 Å². The van der Waals surface area contributed by atoms with Crippen LogP contribution in [0, 0.1) is 12.8 Å². The van der Waals surface area contributed by atoms with Crippen LogP contribution in [0.2, 0.25) is 0 Å². The van der Waals surface area contributed by atoms with Gasteiger partial charge in [-0.2, -0.15) is 0 Å².